The fourth-order valence-corrected chi connectivity index (χ4v) is 5.96. The van der Waals surface area contributed by atoms with Crippen LogP contribution in [0.4, 0.5) is 23.8 Å². The van der Waals surface area contributed by atoms with Crippen molar-refractivity contribution in [2.45, 2.75) is 55.8 Å². The van der Waals surface area contributed by atoms with Crippen LogP contribution in [-0.4, -0.2) is 38.8 Å². The summed E-state index contributed by atoms with van der Waals surface area (Å²) in [6, 6.07) is 12.9. The summed E-state index contributed by atoms with van der Waals surface area (Å²) in [6.07, 6.45) is 1.30. The SMILES string of the molecule is Nc1ncc(-c2cc3n(n2)CC[C@@]32CCN(C(=O)NC3(c4ccccc4)CCC3)C2)cc1C(F)(F)F. The molecule has 3 aromatic rings. The van der Waals surface area contributed by atoms with E-state index in [9.17, 15) is 18.0 Å². The van der Waals surface area contributed by atoms with Gasteiger partial charge in [-0.2, -0.15) is 18.3 Å². The second-order valence-corrected chi connectivity index (χ2v) is 10.2. The van der Waals surface area contributed by atoms with Crippen molar-refractivity contribution in [2.24, 2.45) is 0 Å². The van der Waals surface area contributed by atoms with Gasteiger partial charge >= 0.3 is 12.2 Å². The first-order chi connectivity index (χ1) is 17.2. The minimum Gasteiger partial charge on any atom is -0.383 e. The number of carbonyl (C=O) groups is 1. The van der Waals surface area contributed by atoms with Crippen molar-refractivity contribution in [2.75, 3.05) is 18.8 Å². The fraction of sp³-hybridized carbons (Fsp3) is 0.423. The molecule has 2 aromatic heterocycles. The predicted octanol–water partition coefficient (Wildman–Crippen LogP) is 4.68. The van der Waals surface area contributed by atoms with E-state index < -0.39 is 17.6 Å². The molecule has 1 atom stereocenters. The molecule has 7 nitrogen and oxygen atoms in total. The van der Waals surface area contributed by atoms with Crippen LogP contribution in [0.3, 0.4) is 0 Å². The van der Waals surface area contributed by atoms with Gasteiger partial charge in [-0.15, -0.1) is 0 Å². The Kier molecular flexibility index (Phi) is 5.07. The molecule has 3 N–H and O–H groups in total. The van der Waals surface area contributed by atoms with E-state index in [1.54, 1.807) is 0 Å². The van der Waals surface area contributed by atoms with Gasteiger partial charge in [-0.05, 0) is 49.8 Å². The third-order valence-corrected chi connectivity index (χ3v) is 8.17. The molecule has 2 fully saturated rings. The molecule has 10 heteroatoms. The maximum absolute atomic E-state index is 13.3. The van der Waals surface area contributed by atoms with Crippen LogP contribution in [0.25, 0.3) is 11.3 Å². The van der Waals surface area contributed by atoms with Gasteiger partial charge in [0.2, 0.25) is 0 Å². The van der Waals surface area contributed by atoms with Crippen molar-refractivity contribution in [3.63, 3.8) is 0 Å². The number of nitrogens with zero attached hydrogens (tertiary/aromatic N) is 4. The Morgan fingerprint density at radius 2 is 1.81 bits per heavy atom. The van der Waals surface area contributed by atoms with Crippen LogP contribution in [-0.2, 0) is 23.7 Å². The molecule has 1 aromatic carbocycles. The van der Waals surface area contributed by atoms with Crippen LogP contribution >= 0.6 is 0 Å². The quantitative estimate of drug-likeness (QED) is 0.551. The molecule has 4 heterocycles. The number of anilines is 1. The highest BCUT2D eigenvalue weighted by Crippen LogP contribution is 2.45. The van der Waals surface area contributed by atoms with Gasteiger partial charge in [0.05, 0.1) is 16.8 Å². The van der Waals surface area contributed by atoms with E-state index in [0.29, 0.717) is 25.3 Å². The monoisotopic (exact) mass is 496 g/mol. The second-order valence-electron chi connectivity index (χ2n) is 10.2. The lowest BCUT2D eigenvalue weighted by Crippen LogP contribution is -2.54. The first kappa shape index (κ1) is 22.9. The van der Waals surface area contributed by atoms with Crippen molar-refractivity contribution in [3.8, 4) is 11.3 Å². The number of alkyl halides is 3. The zero-order chi connectivity index (χ0) is 25.1. The maximum Gasteiger partial charge on any atom is 0.419 e. The number of urea groups is 1. The van der Waals surface area contributed by atoms with Gasteiger partial charge in [-0.3, -0.25) is 4.68 Å². The topological polar surface area (TPSA) is 89.1 Å². The molecule has 2 amide bonds. The van der Waals surface area contributed by atoms with Crippen LogP contribution in [0.5, 0.6) is 0 Å². The summed E-state index contributed by atoms with van der Waals surface area (Å²) in [5, 5.41) is 7.89. The van der Waals surface area contributed by atoms with Gasteiger partial charge in [0.25, 0.3) is 0 Å². The number of likely N-dealkylation sites (tertiary alicyclic amines) is 1. The van der Waals surface area contributed by atoms with E-state index in [1.165, 1.54) is 6.20 Å². The van der Waals surface area contributed by atoms with Crippen molar-refractivity contribution in [3.05, 3.63) is 65.5 Å². The number of hydrogen-bond acceptors (Lipinski definition) is 4. The zero-order valence-electron chi connectivity index (χ0n) is 19.7. The number of aromatic nitrogens is 3. The third kappa shape index (κ3) is 3.61. The molecule has 0 unspecified atom stereocenters. The number of carbonyl (C=O) groups excluding carboxylic acids is 1. The van der Waals surface area contributed by atoms with Crippen LogP contribution in [0.2, 0.25) is 0 Å². The number of nitrogens with two attached hydrogens (primary N) is 1. The van der Waals surface area contributed by atoms with Gasteiger partial charge < -0.3 is 16.0 Å². The molecular weight excluding hydrogens is 469 g/mol. The molecule has 36 heavy (non-hydrogen) atoms. The van der Waals surface area contributed by atoms with E-state index >= 15 is 0 Å². The van der Waals surface area contributed by atoms with Crippen LogP contribution in [0, 0.1) is 0 Å². The smallest absolute Gasteiger partial charge is 0.383 e. The molecule has 188 valence electrons. The Labute approximate surface area is 206 Å². The normalized spacial score (nSPS) is 22.5. The summed E-state index contributed by atoms with van der Waals surface area (Å²) >= 11 is 0. The van der Waals surface area contributed by atoms with Gasteiger partial charge in [-0.1, -0.05) is 30.3 Å². The lowest BCUT2D eigenvalue weighted by atomic mass is 9.72. The van der Waals surface area contributed by atoms with Gasteiger partial charge in [0.1, 0.15) is 5.82 Å². The molecule has 0 bridgehead atoms. The van der Waals surface area contributed by atoms with Crippen LogP contribution in [0.1, 0.15) is 48.9 Å². The molecule has 1 saturated heterocycles. The van der Waals surface area contributed by atoms with Crippen molar-refractivity contribution in [1.29, 1.82) is 0 Å². The standard InChI is InChI=1S/C26H27F3N6O/c27-26(28,29)19-13-17(15-31-22(19)30)20-14-21-24(10-12-35(21)33-20)9-11-34(16-24)23(36)32-25(7-4-8-25)18-5-2-1-3-6-18/h1-3,5-6,13-15H,4,7-12,16H2,(H2,30,31)(H,32,36)/t24-/m1/s1. The Hall–Kier alpha value is -3.56. The lowest BCUT2D eigenvalue weighted by Gasteiger charge is -2.44. The molecule has 3 aliphatic rings. The van der Waals surface area contributed by atoms with E-state index in [1.807, 2.05) is 33.8 Å². The number of nitrogens with one attached hydrogen (secondary N) is 1. The predicted molar refractivity (Wildman–Crippen MR) is 128 cm³/mol. The van der Waals surface area contributed by atoms with E-state index in [4.69, 9.17) is 5.73 Å². The molecular formula is C26H27F3N6O. The highest BCUT2D eigenvalue weighted by Gasteiger charge is 2.48. The third-order valence-electron chi connectivity index (χ3n) is 8.17. The Bertz CT molecular complexity index is 1320. The summed E-state index contributed by atoms with van der Waals surface area (Å²) in [5.41, 5.74) is 6.74. The Morgan fingerprint density at radius 1 is 1.06 bits per heavy atom. The van der Waals surface area contributed by atoms with Gasteiger partial charge in [0, 0.05) is 42.5 Å². The number of aryl methyl sites for hydroxylation is 1. The molecule has 2 aliphatic heterocycles. The summed E-state index contributed by atoms with van der Waals surface area (Å²) < 4.78 is 41.9. The number of rotatable bonds is 3. The first-order valence-corrected chi connectivity index (χ1v) is 12.2. The number of fused-ring (bicyclic) bond motifs is 2. The zero-order valence-corrected chi connectivity index (χ0v) is 19.7. The Balaban J connectivity index is 1.22. The van der Waals surface area contributed by atoms with Crippen LogP contribution in [0.15, 0.2) is 48.7 Å². The minimum atomic E-state index is -4.59. The highest BCUT2D eigenvalue weighted by molar-refractivity contribution is 5.76. The van der Waals surface area contributed by atoms with E-state index in [2.05, 4.69) is 27.5 Å². The van der Waals surface area contributed by atoms with E-state index in [-0.39, 0.29) is 22.5 Å². The van der Waals surface area contributed by atoms with Gasteiger partial charge in [0.15, 0.2) is 0 Å². The lowest BCUT2D eigenvalue weighted by molar-refractivity contribution is -0.137. The summed E-state index contributed by atoms with van der Waals surface area (Å²) in [6.45, 7) is 1.84. The highest BCUT2D eigenvalue weighted by atomic mass is 19.4. The first-order valence-electron chi connectivity index (χ1n) is 12.2. The average Bonchev–Trinajstić information content (AvgIpc) is 3.53. The number of benzene rings is 1. The van der Waals surface area contributed by atoms with Crippen molar-refractivity contribution in [1.82, 2.24) is 25.0 Å². The number of amides is 2. The Morgan fingerprint density at radius 3 is 2.50 bits per heavy atom. The molecule has 1 saturated carbocycles. The molecule has 1 aliphatic carbocycles. The summed E-state index contributed by atoms with van der Waals surface area (Å²) in [4.78, 5) is 19.0. The van der Waals surface area contributed by atoms with Crippen molar-refractivity contribution >= 4 is 11.8 Å². The maximum atomic E-state index is 13.3. The number of nitrogen functional groups attached to an aromatic ring is 1. The number of hydrogen-bond donors (Lipinski definition) is 2. The molecule has 0 radical (unpaired) electrons. The minimum absolute atomic E-state index is 0.0637. The van der Waals surface area contributed by atoms with Gasteiger partial charge in [-0.25, -0.2) is 9.78 Å². The molecule has 1 spiro atoms. The number of halogens is 3. The summed E-state index contributed by atoms with van der Waals surface area (Å²) in [5.74, 6) is -0.549. The average molecular weight is 497 g/mol. The molecule has 6 rings (SSSR count). The van der Waals surface area contributed by atoms with Crippen molar-refractivity contribution < 1.29 is 18.0 Å². The largest absolute Gasteiger partial charge is 0.419 e. The van der Waals surface area contributed by atoms with Crippen LogP contribution < -0.4 is 11.1 Å². The van der Waals surface area contributed by atoms with E-state index in [0.717, 1.165) is 49.4 Å². The summed E-state index contributed by atoms with van der Waals surface area (Å²) in [7, 11) is 0. The fourth-order valence-electron chi connectivity index (χ4n) is 5.96. The second kappa shape index (κ2) is 7.97. The number of pyridine rings is 1.